The fourth-order valence-corrected chi connectivity index (χ4v) is 1.31. The molecule has 0 unspecified atom stereocenters. The van der Waals surface area contributed by atoms with E-state index in [1.807, 2.05) is 19.9 Å². The Balaban J connectivity index is 3.28. The molecule has 0 spiro atoms. The molecule has 0 aromatic carbocycles. The van der Waals surface area contributed by atoms with Gasteiger partial charge in [0, 0.05) is 0 Å². The van der Waals surface area contributed by atoms with Gasteiger partial charge in [0.1, 0.15) is 6.07 Å². The molecule has 0 saturated heterocycles. The fourth-order valence-electron chi connectivity index (χ4n) is 1.12. The van der Waals surface area contributed by atoms with Gasteiger partial charge >= 0.3 is 0 Å². The molecule has 0 bridgehead atoms. The van der Waals surface area contributed by atoms with Crippen LogP contribution in [0.1, 0.15) is 30.9 Å². The average molecular weight is 196 g/mol. The molecule has 4 heteroatoms. The lowest BCUT2D eigenvalue weighted by Gasteiger charge is -2.04. The first kappa shape index (κ1) is 9.94. The minimum atomic E-state index is 0.205. The Morgan fingerprint density at radius 3 is 2.23 bits per heavy atom. The van der Waals surface area contributed by atoms with E-state index in [0.29, 0.717) is 0 Å². The highest BCUT2D eigenvalue weighted by Crippen LogP contribution is 2.14. The van der Waals surface area contributed by atoms with Crippen LogP contribution in [0.3, 0.4) is 0 Å². The molecule has 0 aliphatic carbocycles. The van der Waals surface area contributed by atoms with Gasteiger partial charge in [0.15, 0.2) is 10.8 Å². The third-order valence-corrected chi connectivity index (χ3v) is 2.05. The molecule has 0 aliphatic rings. The zero-order chi connectivity index (χ0) is 9.84. The maximum atomic E-state index is 8.67. The van der Waals surface area contributed by atoms with Crippen molar-refractivity contribution >= 4 is 11.6 Å². The highest BCUT2D eigenvalue weighted by Gasteiger charge is 2.08. The summed E-state index contributed by atoms with van der Waals surface area (Å²) >= 11 is 5.74. The van der Waals surface area contributed by atoms with Crippen molar-refractivity contribution in [2.75, 3.05) is 0 Å². The van der Waals surface area contributed by atoms with Crippen LogP contribution in [0, 0.1) is 11.3 Å². The molecule has 1 heterocycles. The monoisotopic (exact) mass is 195 g/mol. The van der Waals surface area contributed by atoms with Crippen LogP contribution in [-0.4, -0.2) is 9.97 Å². The van der Waals surface area contributed by atoms with Crippen LogP contribution in [0.25, 0.3) is 0 Å². The Labute approximate surface area is 82.4 Å². The standard InChI is InChI=1S/C9H10ClN3/c1-3-6-7(4-2)13-9(10)8(5-11)12-6/h3-4H2,1-2H3. The number of rotatable bonds is 2. The van der Waals surface area contributed by atoms with E-state index in [0.717, 1.165) is 24.2 Å². The van der Waals surface area contributed by atoms with E-state index in [9.17, 15) is 0 Å². The SMILES string of the molecule is CCc1nc(Cl)c(C#N)nc1CC. The number of nitrogens with zero attached hydrogens (tertiary/aromatic N) is 3. The first-order valence-electron chi connectivity index (χ1n) is 4.18. The highest BCUT2D eigenvalue weighted by atomic mass is 35.5. The van der Waals surface area contributed by atoms with Crippen LogP contribution in [-0.2, 0) is 12.8 Å². The lowest BCUT2D eigenvalue weighted by Crippen LogP contribution is -2.02. The maximum absolute atomic E-state index is 8.67. The Kier molecular flexibility index (Phi) is 3.21. The number of aromatic nitrogens is 2. The normalized spacial score (nSPS) is 9.69. The second kappa shape index (κ2) is 4.20. The van der Waals surface area contributed by atoms with E-state index in [1.54, 1.807) is 0 Å². The number of nitriles is 1. The number of hydrogen-bond donors (Lipinski definition) is 0. The van der Waals surface area contributed by atoms with Crippen LogP contribution >= 0.6 is 11.6 Å². The van der Waals surface area contributed by atoms with Crippen molar-refractivity contribution in [1.82, 2.24) is 9.97 Å². The molecule has 0 N–H and O–H groups in total. The van der Waals surface area contributed by atoms with Gasteiger partial charge in [-0.05, 0) is 12.8 Å². The van der Waals surface area contributed by atoms with Crippen LogP contribution in [0.5, 0.6) is 0 Å². The average Bonchev–Trinajstić information content (AvgIpc) is 2.17. The molecule has 1 rings (SSSR count). The number of halogens is 1. The summed E-state index contributed by atoms with van der Waals surface area (Å²) < 4.78 is 0. The number of aryl methyl sites for hydroxylation is 2. The van der Waals surface area contributed by atoms with E-state index in [4.69, 9.17) is 16.9 Å². The predicted octanol–water partition coefficient (Wildman–Crippen LogP) is 2.13. The molecular weight excluding hydrogens is 186 g/mol. The molecule has 0 saturated carbocycles. The number of hydrogen-bond acceptors (Lipinski definition) is 3. The van der Waals surface area contributed by atoms with Gasteiger partial charge in [-0.1, -0.05) is 25.4 Å². The molecule has 0 aliphatic heterocycles. The van der Waals surface area contributed by atoms with Crippen LogP contribution < -0.4 is 0 Å². The molecule has 0 radical (unpaired) electrons. The van der Waals surface area contributed by atoms with E-state index in [2.05, 4.69) is 9.97 Å². The van der Waals surface area contributed by atoms with Gasteiger partial charge in [0.2, 0.25) is 0 Å². The summed E-state index contributed by atoms with van der Waals surface area (Å²) in [5.41, 5.74) is 1.96. The van der Waals surface area contributed by atoms with Gasteiger partial charge in [-0.3, -0.25) is 0 Å². The third kappa shape index (κ3) is 1.96. The van der Waals surface area contributed by atoms with Gasteiger partial charge in [0.25, 0.3) is 0 Å². The van der Waals surface area contributed by atoms with Crippen molar-refractivity contribution < 1.29 is 0 Å². The Hall–Kier alpha value is -1.14. The van der Waals surface area contributed by atoms with Gasteiger partial charge in [-0.25, -0.2) is 9.97 Å². The minimum Gasteiger partial charge on any atom is -0.237 e. The van der Waals surface area contributed by atoms with Gasteiger partial charge < -0.3 is 0 Å². The zero-order valence-corrected chi connectivity index (χ0v) is 8.39. The van der Waals surface area contributed by atoms with Crippen molar-refractivity contribution in [3.8, 4) is 6.07 Å². The molecule has 1 aromatic rings. The van der Waals surface area contributed by atoms with Crippen molar-refractivity contribution in [2.45, 2.75) is 26.7 Å². The topological polar surface area (TPSA) is 49.6 Å². The largest absolute Gasteiger partial charge is 0.237 e. The Morgan fingerprint density at radius 1 is 1.23 bits per heavy atom. The summed E-state index contributed by atoms with van der Waals surface area (Å²) in [5.74, 6) is 0. The molecule has 0 atom stereocenters. The Morgan fingerprint density at radius 2 is 1.77 bits per heavy atom. The van der Waals surface area contributed by atoms with E-state index >= 15 is 0 Å². The van der Waals surface area contributed by atoms with Crippen molar-refractivity contribution in [3.63, 3.8) is 0 Å². The fraction of sp³-hybridized carbons (Fsp3) is 0.444. The van der Waals surface area contributed by atoms with Crippen LogP contribution in [0.4, 0.5) is 0 Å². The van der Waals surface area contributed by atoms with Gasteiger partial charge in [-0.2, -0.15) is 5.26 Å². The summed E-state index contributed by atoms with van der Waals surface area (Å²) in [5, 5.41) is 8.87. The van der Waals surface area contributed by atoms with E-state index in [1.165, 1.54) is 0 Å². The predicted molar refractivity (Wildman–Crippen MR) is 50.5 cm³/mol. The summed E-state index contributed by atoms with van der Waals surface area (Å²) in [6, 6.07) is 1.92. The quantitative estimate of drug-likeness (QED) is 0.727. The summed E-state index contributed by atoms with van der Waals surface area (Å²) in [4.78, 5) is 8.24. The van der Waals surface area contributed by atoms with Crippen molar-refractivity contribution in [3.05, 3.63) is 22.2 Å². The molecule has 0 fully saturated rings. The first-order chi connectivity index (χ1) is 6.22. The Bertz CT molecular complexity index is 355. The lowest BCUT2D eigenvalue weighted by atomic mass is 10.2. The minimum absolute atomic E-state index is 0.205. The zero-order valence-electron chi connectivity index (χ0n) is 7.63. The van der Waals surface area contributed by atoms with Crippen LogP contribution in [0.15, 0.2) is 0 Å². The van der Waals surface area contributed by atoms with Crippen LogP contribution in [0.2, 0.25) is 5.15 Å². The summed E-state index contributed by atoms with van der Waals surface area (Å²) in [7, 11) is 0. The lowest BCUT2D eigenvalue weighted by molar-refractivity contribution is 0.896. The molecule has 0 amide bonds. The molecule has 13 heavy (non-hydrogen) atoms. The van der Waals surface area contributed by atoms with Gasteiger partial charge in [-0.15, -0.1) is 0 Å². The second-order valence-corrected chi connectivity index (χ2v) is 2.93. The third-order valence-electron chi connectivity index (χ3n) is 1.78. The van der Waals surface area contributed by atoms with Crippen molar-refractivity contribution in [2.24, 2.45) is 0 Å². The van der Waals surface area contributed by atoms with E-state index < -0.39 is 0 Å². The molecular formula is C9H10ClN3. The smallest absolute Gasteiger partial charge is 0.178 e. The highest BCUT2D eigenvalue weighted by molar-refractivity contribution is 6.30. The first-order valence-corrected chi connectivity index (χ1v) is 4.56. The van der Waals surface area contributed by atoms with Crippen molar-refractivity contribution in [1.29, 1.82) is 5.26 Å². The maximum Gasteiger partial charge on any atom is 0.178 e. The van der Waals surface area contributed by atoms with Gasteiger partial charge in [0.05, 0.1) is 11.4 Å². The molecule has 3 nitrogen and oxygen atoms in total. The molecule has 1 aromatic heterocycles. The summed E-state index contributed by atoms with van der Waals surface area (Å²) in [6.45, 7) is 3.98. The van der Waals surface area contributed by atoms with E-state index in [-0.39, 0.29) is 10.8 Å². The second-order valence-electron chi connectivity index (χ2n) is 2.58. The summed E-state index contributed by atoms with van der Waals surface area (Å²) in [6.07, 6.45) is 1.57. The molecule has 68 valence electrons.